The molecule has 0 radical (unpaired) electrons. The highest BCUT2D eigenvalue weighted by molar-refractivity contribution is 7.96. The Morgan fingerprint density at radius 3 is 2.69 bits per heavy atom. The van der Waals surface area contributed by atoms with E-state index in [-0.39, 0.29) is 29.0 Å². The van der Waals surface area contributed by atoms with Crippen molar-refractivity contribution < 1.29 is 18.8 Å². The highest BCUT2D eigenvalue weighted by Crippen LogP contribution is 2.38. The Morgan fingerprint density at radius 1 is 1.22 bits per heavy atom. The summed E-state index contributed by atoms with van der Waals surface area (Å²) in [5, 5.41) is 17.8. The van der Waals surface area contributed by atoms with Crippen molar-refractivity contribution in [2.75, 3.05) is 24.0 Å². The van der Waals surface area contributed by atoms with Crippen LogP contribution in [-0.2, 0) is 11.3 Å². The predicted molar refractivity (Wildman–Crippen MR) is 134 cm³/mol. The minimum absolute atomic E-state index is 0.0112. The van der Waals surface area contributed by atoms with E-state index < -0.39 is 5.91 Å². The monoisotopic (exact) mass is 510 g/mol. The van der Waals surface area contributed by atoms with Crippen LogP contribution in [0.15, 0.2) is 28.8 Å². The third-order valence-electron chi connectivity index (χ3n) is 5.90. The van der Waals surface area contributed by atoms with Crippen molar-refractivity contribution in [2.45, 2.75) is 38.3 Å². The Hall–Kier alpha value is -3.71. The number of hydrogen-bond donors (Lipinski definition) is 3. The largest absolute Gasteiger partial charge is 0.494 e. The summed E-state index contributed by atoms with van der Waals surface area (Å²) in [6.07, 6.45) is 6.08. The van der Waals surface area contributed by atoms with E-state index in [1.807, 2.05) is 12.3 Å². The molecule has 0 bridgehead atoms. The molecule has 2 aliphatic rings. The molecule has 2 aromatic heterocycles. The number of rotatable bonds is 11. The fourth-order valence-corrected chi connectivity index (χ4v) is 4.50. The number of hydrogen-bond acceptors (Lipinski definition) is 11. The van der Waals surface area contributed by atoms with E-state index in [1.165, 1.54) is 26.0 Å². The lowest BCUT2D eigenvalue weighted by atomic mass is 10.1. The molecule has 2 amide bonds. The summed E-state index contributed by atoms with van der Waals surface area (Å²) < 4.78 is 13.4. The quantitative estimate of drug-likeness (QED) is 0.325. The van der Waals surface area contributed by atoms with Gasteiger partial charge >= 0.3 is 0 Å². The molecule has 36 heavy (non-hydrogen) atoms. The number of methoxy groups -OCH3 is 1. The smallest absolute Gasteiger partial charge is 0.271 e. The van der Waals surface area contributed by atoms with E-state index in [0.717, 1.165) is 12.8 Å². The highest BCUT2D eigenvalue weighted by atomic mass is 32.2. The fraction of sp³-hybridized carbons (Fsp3) is 0.391. The molecule has 3 aromatic rings. The van der Waals surface area contributed by atoms with Gasteiger partial charge in [0.1, 0.15) is 0 Å². The molecule has 0 atom stereocenters. The van der Waals surface area contributed by atoms with Gasteiger partial charge in [-0.3, -0.25) is 9.59 Å². The van der Waals surface area contributed by atoms with Crippen LogP contribution in [0.4, 0.5) is 17.2 Å². The van der Waals surface area contributed by atoms with Crippen molar-refractivity contribution in [1.29, 1.82) is 0 Å². The van der Waals surface area contributed by atoms with Crippen molar-refractivity contribution in [3.8, 4) is 17.1 Å². The van der Waals surface area contributed by atoms with Crippen LogP contribution in [0.5, 0.6) is 5.75 Å². The van der Waals surface area contributed by atoms with Gasteiger partial charge in [0, 0.05) is 18.0 Å². The van der Waals surface area contributed by atoms with E-state index in [2.05, 4.69) is 35.3 Å². The van der Waals surface area contributed by atoms with Crippen LogP contribution in [0.3, 0.4) is 0 Å². The van der Waals surface area contributed by atoms with Crippen LogP contribution in [0, 0.1) is 5.92 Å². The summed E-state index contributed by atoms with van der Waals surface area (Å²) in [7, 11) is 1.52. The summed E-state index contributed by atoms with van der Waals surface area (Å²) in [5.41, 5.74) is 6.82. The first-order chi connectivity index (χ1) is 17.5. The molecule has 5 rings (SSSR count). The number of carbonyl (C=O) groups is 2. The van der Waals surface area contributed by atoms with Gasteiger partial charge in [0.05, 0.1) is 30.6 Å². The van der Waals surface area contributed by atoms with Gasteiger partial charge < -0.3 is 25.6 Å². The zero-order valence-corrected chi connectivity index (χ0v) is 20.7. The maximum atomic E-state index is 12.2. The Morgan fingerprint density at radius 2 is 2.03 bits per heavy atom. The second-order valence-electron chi connectivity index (χ2n) is 8.63. The summed E-state index contributed by atoms with van der Waals surface area (Å²) in [6, 6.07) is 7.43. The number of amides is 2. The maximum Gasteiger partial charge on any atom is 0.271 e. The lowest BCUT2D eigenvalue weighted by molar-refractivity contribution is -0.117. The van der Waals surface area contributed by atoms with Crippen LogP contribution < -0.4 is 21.1 Å². The van der Waals surface area contributed by atoms with Gasteiger partial charge in [-0.25, -0.2) is 4.31 Å². The van der Waals surface area contributed by atoms with Gasteiger partial charge in [-0.1, -0.05) is 23.2 Å². The number of ether oxygens (including phenoxy) is 1. The average molecular weight is 511 g/mol. The van der Waals surface area contributed by atoms with Gasteiger partial charge in [0.2, 0.25) is 17.6 Å². The van der Waals surface area contributed by atoms with Gasteiger partial charge in [0.15, 0.2) is 17.3 Å². The van der Waals surface area contributed by atoms with Crippen LogP contribution in [0.25, 0.3) is 11.4 Å². The third kappa shape index (κ3) is 5.26. The van der Waals surface area contributed by atoms with E-state index in [1.54, 1.807) is 24.1 Å². The lowest BCUT2D eigenvalue weighted by Gasteiger charge is -2.15. The average Bonchev–Trinajstić information content (AvgIpc) is 3.80. The number of nitrogens with two attached hydrogens (primary N) is 1. The fourth-order valence-electron chi connectivity index (χ4n) is 3.75. The SMILES string of the molecule is COc1c(Nc2cc(NC(=O)C3CC3)nnc2C(N)=O)cccc1-c1noc(CN(SC)C2CC2)n1. The van der Waals surface area contributed by atoms with Crippen molar-refractivity contribution in [1.82, 2.24) is 24.6 Å². The van der Waals surface area contributed by atoms with Crippen LogP contribution in [-0.4, -0.2) is 55.9 Å². The molecular weight excluding hydrogens is 484 g/mol. The number of para-hydroxylation sites is 1. The van der Waals surface area contributed by atoms with E-state index in [4.69, 9.17) is 15.0 Å². The molecule has 0 aliphatic heterocycles. The second-order valence-corrected chi connectivity index (χ2v) is 9.47. The van der Waals surface area contributed by atoms with E-state index >= 15 is 0 Å². The normalized spacial score (nSPS) is 15.1. The zero-order valence-electron chi connectivity index (χ0n) is 19.9. The second kappa shape index (κ2) is 10.1. The third-order valence-corrected chi connectivity index (χ3v) is 6.80. The Labute approximate surface area is 211 Å². The molecular formula is C23H26N8O4S. The maximum absolute atomic E-state index is 12.2. The van der Waals surface area contributed by atoms with Gasteiger partial charge in [-0.2, -0.15) is 4.98 Å². The Kier molecular flexibility index (Phi) is 6.74. The molecule has 1 aromatic carbocycles. The molecule has 2 saturated carbocycles. The lowest BCUT2D eigenvalue weighted by Crippen LogP contribution is -2.19. The number of benzene rings is 1. The Balaban J connectivity index is 1.42. The van der Waals surface area contributed by atoms with Gasteiger partial charge in [-0.05, 0) is 44.1 Å². The molecule has 0 unspecified atom stereocenters. The van der Waals surface area contributed by atoms with E-state index in [9.17, 15) is 9.59 Å². The number of primary amides is 1. The van der Waals surface area contributed by atoms with Crippen LogP contribution in [0.1, 0.15) is 42.1 Å². The topological polar surface area (TPSA) is 161 Å². The number of carbonyl (C=O) groups excluding carboxylic acids is 2. The number of nitrogens with zero attached hydrogens (tertiary/aromatic N) is 5. The van der Waals surface area contributed by atoms with Gasteiger partial charge in [-0.15, -0.1) is 10.2 Å². The Bertz CT molecular complexity index is 1290. The summed E-state index contributed by atoms with van der Waals surface area (Å²) in [4.78, 5) is 28.7. The van der Waals surface area contributed by atoms with E-state index in [0.29, 0.717) is 41.3 Å². The molecule has 4 N–H and O–H groups in total. The standard InChI is InChI=1S/C23H26N8O4S/c1-34-20-14(22-27-18(35-30-22)11-31(36-2)13-8-9-13)4-3-5-15(20)25-16-10-17(26-23(33)12-6-7-12)28-29-19(16)21(24)32/h3-5,10,12-13H,6-9,11H2,1-2H3,(H2,24,32)(H2,25,26,28,33). The summed E-state index contributed by atoms with van der Waals surface area (Å²) in [6.45, 7) is 0.555. The molecule has 2 fully saturated rings. The van der Waals surface area contributed by atoms with Crippen molar-refractivity contribution in [3.63, 3.8) is 0 Å². The minimum atomic E-state index is -0.767. The number of nitrogens with one attached hydrogen (secondary N) is 2. The first-order valence-corrected chi connectivity index (χ1v) is 12.7. The molecule has 13 heteroatoms. The number of aromatic nitrogens is 4. The molecule has 2 aliphatic carbocycles. The first-order valence-electron chi connectivity index (χ1n) is 11.5. The van der Waals surface area contributed by atoms with Gasteiger partial charge in [0.25, 0.3) is 5.91 Å². The van der Waals surface area contributed by atoms with Crippen LogP contribution in [0.2, 0.25) is 0 Å². The highest BCUT2D eigenvalue weighted by Gasteiger charge is 2.31. The predicted octanol–water partition coefficient (Wildman–Crippen LogP) is 2.97. The molecule has 2 heterocycles. The summed E-state index contributed by atoms with van der Waals surface area (Å²) >= 11 is 1.66. The number of anilines is 3. The van der Waals surface area contributed by atoms with Crippen molar-refractivity contribution >= 4 is 41.0 Å². The molecule has 0 spiro atoms. The molecule has 0 saturated heterocycles. The van der Waals surface area contributed by atoms with Crippen LogP contribution >= 0.6 is 11.9 Å². The van der Waals surface area contributed by atoms with Crippen molar-refractivity contribution in [3.05, 3.63) is 35.9 Å². The minimum Gasteiger partial charge on any atom is -0.494 e. The van der Waals surface area contributed by atoms with Crippen molar-refractivity contribution in [2.24, 2.45) is 11.7 Å². The molecule has 12 nitrogen and oxygen atoms in total. The molecule has 188 valence electrons. The zero-order chi connectivity index (χ0) is 25.2. The summed E-state index contributed by atoms with van der Waals surface area (Å²) in [5.74, 6) is 0.631. The first kappa shape index (κ1) is 24.0.